The number of ether oxygens (including phenoxy) is 1. The van der Waals surface area contributed by atoms with Gasteiger partial charge < -0.3 is 4.74 Å². The predicted octanol–water partition coefficient (Wildman–Crippen LogP) is 3.38. The zero-order chi connectivity index (χ0) is 17.1. The van der Waals surface area contributed by atoms with Crippen LogP contribution in [-0.4, -0.2) is 32.2 Å². The van der Waals surface area contributed by atoms with Crippen molar-refractivity contribution >= 4 is 29.1 Å². The molecule has 0 aliphatic heterocycles. The van der Waals surface area contributed by atoms with Gasteiger partial charge in [0.1, 0.15) is 5.75 Å². The molecule has 0 aliphatic rings. The van der Waals surface area contributed by atoms with Crippen molar-refractivity contribution in [3.63, 3.8) is 0 Å². The van der Waals surface area contributed by atoms with E-state index in [1.807, 2.05) is 12.1 Å². The van der Waals surface area contributed by atoms with E-state index in [4.69, 9.17) is 16.3 Å². The molecule has 0 bridgehead atoms. The number of non-ortho nitro benzene ring substituents is 1. The number of methoxy groups -OCH3 is 1. The van der Waals surface area contributed by atoms with Crippen molar-refractivity contribution in [3.05, 3.63) is 57.6 Å². The molecule has 0 atom stereocenters. The number of nitrogens with zero attached hydrogens (tertiary/aromatic N) is 5. The molecule has 0 fully saturated rings. The Morgan fingerprint density at radius 1 is 1.25 bits per heavy atom. The SMILES string of the molecule is COc1ccc(-n2nnnc2Sc2ccc([N+](=O)[O-])cc2Cl)cc1. The Morgan fingerprint density at radius 3 is 2.62 bits per heavy atom. The number of benzene rings is 2. The summed E-state index contributed by atoms with van der Waals surface area (Å²) in [7, 11) is 1.59. The van der Waals surface area contributed by atoms with Gasteiger partial charge in [-0.1, -0.05) is 11.6 Å². The summed E-state index contributed by atoms with van der Waals surface area (Å²) in [5.74, 6) is 0.722. The van der Waals surface area contributed by atoms with E-state index in [2.05, 4.69) is 15.5 Å². The Hall–Kier alpha value is -2.65. The van der Waals surface area contributed by atoms with E-state index < -0.39 is 4.92 Å². The highest BCUT2D eigenvalue weighted by Crippen LogP contribution is 2.34. The molecule has 24 heavy (non-hydrogen) atoms. The average Bonchev–Trinajstić information content (AvgIpc) is 3.04. The molecule has 0 amide bonds. The van der Waals surface area contributed by atoms with Crippen molar-refractivity contribution in [2.75, 3.05) is 7.11 Å². The third-order valence-corrected chi connectivity index (χ3v) is 4.52. The van der Waals surface area contributed by atoms with Crippen molar-refractivity contribution in [3.8, 4) is 11.4 Å². The summed E-state index contributed by atoms with van der Waals surface area (Å²) in [6.45, 7) is 0. The van der Waals surface area contributed by atoms with Crippen LogP contribution in [0.25, 0.3) is 5.69 Å². The molecular formula is C14H10ClN5O3S. The highest BCUT2D eigenvalue weighted by Gasteiger charge is 2.15. The summed E-state index contributed by atoms with van der Waals surface area (Å²) in [6, 6.07) is 11.5. The molecule has 0 N–H and O–H groups in total. The molecule has 0 spiro atoms. The van der Waals surface area contributed by atoms with E-state index in [9.17, 15) is 10.1 Å². The molecule has 3 rings (SSSR count). The maximum atomic E-state index is 10.8. The Morgan fingerprint density at radius 2 is 2.00 bits per heavy atom. The molecule has 1 aromatic heterocycles. The van der Waals surface area contributed by atoms with Gasteiger partial charge in [0.05, 0.1) is 22.7 Å². The zero-order valence-corrected chi connectivity index (χ0v) is 13.9. The summed E-state index contributed by atoms with van der Waals surface area (Å²) in [6.07, 6.45) is 0. The molecule has 122 valence electrons. The summed E-state index contributed by atoms with van der Waals surface area (Å²) < 4.78 is 6.66. The second kappa shape index (κ2) is 6.85. The van der Waals surface area contributed by atoms with Crippen molar-refractivity contribution in [2.45, 2.75) is 10.1 Å². The Kier molecular flexibility index (Phi) is 4.63. The average molecular weight is 364 g/mol. The second-order valence-electron chi connectivity index (χ2n) is 4.55. The number of nitro groups is 1. The van der Waals surface area contributed by atoms with Crippen LogP contribution < -0.4 is 4.74 Å². The lowest BCUT2D eigenvalue weighted by Gasteiger charge is -2.06. The number of rotatable bonds is 5. The van der Waals surface area contributed by atoms with Crippen LogP contribution in [-0.2, 0) is 0 Å². The molecule has 8 nitrogen and oxygen atoms in total. The van der Waals surface area contributed by atoms with Crippen molar-refractivity contribution in [1.82, 2.24) is 20.2 Å². The lowest BCUT2D eigenvalue weighted by Crippen LogP contribution is -1.99. The zero-order valence-electron chi connectivity index (χ0n) is 12.3. The quantitative estimate of drug-likeness (QED) is 0.506. The van der Waals surface area contributed by atoms with Crippen molar-refractivity contribution < 1.29 is 9.66 Å². The standard InChI is InChI=1S/C14H10ClN5O3S/c1-23-11-5-2-9(3-6-11)19-14(16-17-18-19)24-13-7-4-10(20(21)22)8-12(13)15/h2-8H,1H3. The van der Waals surface area contributed by atoms with Crippen LogP contribution in [0.5, 0.6) is 5.75 Å². The van der Waals surface area contributed by atoms with Crippen LogP contribution in [0.4, 0.5) is 5.69 Å². The molecule has 0 unspecified atom stereocenters. The van der Waals surface area contributed by atoms with Gasteiger partial charge >= 0.3 is 0 Å². The third-order valence-electron chi connectivity index (χ3n) is 3.09. The van der Waals surface area contributed by atoms with Gasteiger partial charge in [-0.3, -0.25) is 10.1 Å². The minimum atomic E-state index is -0.498. The first-order valence-corrected chi connectivity index (χ1v) is 7.82. The van der Waals surface area contributed by atoms with Crippen molar-refractivity contribution in [2.24, 2.45) is 0 Å². The van der Waals surface area contributed by atoms with Gasteiger partial charge in [0.15, 0.2) is 0 Å². The van der Waals surface area contributed by atoms with Crippen LogP contribution in [0, 0.1) is 10.1 Å². The number of hydrogen-bond donors (Lipinski definition) is 0. The van der Waals surface area contributed by atoms with Crippen LogP contribution in [0.1, 0.15) is 0 Å². The lowest BCUT2D eigenvalue weighted by atomic mass is 10.3. The summed E-state index contributed by atoms with van der Waals surface area (Å²) >= 11 is 7.32. The number of tetrazole rings is 1. The minimum absolute atomic E-state index is 0.0703. The number of nitro benzene ring substituents is 1. The highest BCUT2D eigenvalue weighted by atomic mass is 35.5. The molecular weight excluding hydrogens is 354 g/mol. The minimum Gasteiger partial charge on any atom is -0.497 e. The first kappa shape index (κ1) is 16.2. The van der Waals surface area contributed by atoms with Gasteiger partial charge in [-0.25, -0.2) is 0 Å². The lowest BCUT2D eigenvalue weighted by molar-refractivity contribution is -0.384. The first-order valence-electron chi connectivity index (χ1n) is 6.63. The molecule has 0 saturated heterocycles. The second-order valence-corrected chi connectivity index (χ2v) is 5.96. The van der Waals surface area contributed by atoms with E-state index in [0.29, 0.717) is 10.1 Å². The Labute approximate surface area is 145 Å². The number of hydrogen-bond acceptors (Lipinski definition) is 7. The van der Waals surface area contributed by atoms with Gasteiger partial charge in [0.25, 0.3) is 5.69 Å². The fourth-order valence-corrected chi connectivity index (χ4v) is 3.00. The van der Waals surface area contributed by atoms with E-state index in [1.165, 1.54) is 23.9 Å². The first-order chi connectivity index (χ1) is 11.6. The molecule has 1 heterocycles. The Bertz CT molecular complexity index is 884. The fraction of sp³-hybridized carbons (Fsp3) is 0.0714. The molecule has 0 radical (unpaired) electrons. The molecule has 0 saturated carbocycles. The summed E-state index contributed by atoms with van der Waals surface area (Å²) in [5.41, 5.74) is 0.681. The van der Waals surface area contributed by atoms with Gasteiger partial charge in [0.2, 0.25) is 5.16 Å². The highest BCUT2D eigenvalue weighted by molar-refractivity contribution is 7.99. The van der Waals surface area contributed by atoms with Crippen LogP contribution in [0.15, 0.2) is 52.5 Å². The van der Waals surface area contributed by atoms with E-state index in [-0.39, 0.29) is 10.7 Å². The fourth-order valence-electron chi connectivity index (χ4n) is 1.91. The number of halogens is 1. The Balaban J connectivity index is 1.89. The molecule has 3 aromatic rings. The van der Waals surface area contributed by atoms with Gasteiger partial charge in [-0.2, -0.15) is 4.68 Å². The molecule has 2 aromatic carbocycles. The van der Waals surface area contributed by atoms with E-state index >= 15 is 0 Å². The van der Waals surface area contributed by atoms with Crippen LogP contribution in [0.2, 0.25) is 5.02 Å². The van der Waals surface area contributed by atoms with E-state index in [1.54, 1.807) is 30.0 Å². The normalized spacial score (nSPS) is 10.6. The van der Waals surface area contributed by atoms with Crippen LogP contribution >= 0.6 is 23.4 Å². The third kappa shape index (κ3) is 3.31. The molecule has 10 heteroatoms. The predicted molar refractivity (Wildman–Crippen MR) is 87.9 cm³/mol. The van der Waals surface area contributed by atoms with Gasteiger partial charge in [-0.05, 0) is 52.5 Å². The maximum Gasteiger partial charge on any atom is 0.270 e. The summed E-state index contributed by atoms with van der Waals surface area (Å²) in [5, 5.41) is 23.1. The number of aromatic nitrogens is 4. The molecule has 0 aliphatic carbocycles. The summed E-state index contributed by atoms with van der Waals surface area (Å²) in [4.78, 5) is 10.9. The monoisotopic (exact) mass is 363 g/mol. The van der Waals surface area contributed by atoms with Gasteiger partial charge in [0, 0.05) is 17.0 Å². The van der Waals surface area contributed by atoms with Crippen LogP contribution in [0.3, 0.4) is 0 Å². The van der Waals surface area contributed by atoms with Crippen molar-refractivity contribution in [1.29, 1.82) is 0 Å². The maximum absolute atomic E-state index is 10.8. The topological polar surface area (TPSA) is 96.0 Å². The largest absolute Gasteiger partial charge is 0.497 e. The van der Waals surface area contributed by atoms with Gasteiger partial charge in [-0.15, -0.1) is 5.10 Å². The van der Waals surface area contributed by atoms with E-state index in [0.717, 1.165) is 11.4 Å². The smallest absolute Gasteiger partial charge is 0.270 e.